The first-order valence-corrected chi connectivity index (χ1v) is 8.97. The summed E-state index contributed by atoms with van der Waals surface area (Å²) in [6.07, 6.45) is 1.04. The van der Waals surface area contributed by atoms with Gasteiger partial charge in [0.2, 0.25) is 0 Å². The van der Waals surface area contributed by atoms with Gasteiger partial charge in [0.1, 0.15) is 10.0 Å². The number of anilines is 2. The molecule has 0 aliphatic heterocycles. The third kappa shape index (κ3) is 4.68. The second-order valence-corrected chi connectivity index (χ2v) is 7.81. The van der Waals surface area contributed by atoms with E-state index in [1.807, 2.05) is 0 Å². The third-order valence-electron chi connectivity index (χ3n) is 2.69. The SMILES string of the molecule is CC(C)CCNc1ccc(NS(=O)(=O)c2cccs2)nn1. The van der Waals surface area contributed by atoms with Gasteiger partial charge >= 0.3 is 0 Å². The van der Waals surface area contributed by atoms with E-state index in [4.69, 9.17) is 0 Å². The lowest BCUT2D eigenvalue weighted by Crippen LogP contribution is -2.13. The van der Waals surface area contributed by atoms with Gasteiger partial charge in [-0.05, 0) is 35.9 Å². The predicted octanol–water partition coefficient (Wildman–Crippen LogP) is 2.80. The first kappa shape index (κ1) is 15.7. The Hall–Kier alpha value is -1.67. The Morgan fingerprint density at radius 1 is 1.19 bits per heavy atom. The summed E-state index contributed by atoms with van der Waals surface area (Å²) >= 11 is 1.16. The molecule has 8 heteroatoms. The molecule has 0 amide bonds. The van der Waals surface area contributed by atoms with E-state index >= 15 is 0 Å². The van der Waals surface area contributed by atoms with E-state index in [1.54, 1.807) is 29.6 Å². The lowest BCUT2D eigenvalue weighted by Gasteiger charge is -2.08. The van der Waals surface area contributed by atoms with Gasteiger partial charge in [0.05, 0.1) is 0 Å². The molecule has 2 heterocycles. The van der Waals surface area contributed by atoms with E-state index in [1.165, 1.54) is 0 Å². The zero-order chi connectivity index (χ0) is 15.3. The Balaban J connectivity index is 1.96. The van der Waals surface area contributed by atoms with Crippen LogP contribution in [-0.4, -0.2) is 25.2 Å². The number of thiophene rings is 1. The summed E-state index contributed by atoms with van der Waals surface area (Å²) < 4.78 is 26.7. The quantitative estimate of drug-likeness (QED) is 0.817. The smallest absolute Gasteiger partial charge is 0.272 e. The Kier molecular flexibility index (Phi) is 5.13. The van der Waals surface area contributed by atoms with E-state index in [2.05, 4.69) is 34.1 Å². The van der Waals surface area contributed by atoms with Gasteiger partial charge in [0.25, 0.3) is 10.0 Å². The molecule has 0 aromatic carbocycles. The van der Waals surface area contributed by atoms with Crippen molar-refractivity contribution in [3.63, 3.8) is 0 Å². The van der Waals surface area contributed by atoms with Crippen molar-refractivity contribution < 1.29 is 8.42 Å². The van der Waals surface area contributed by atoms with Crippen LogP contribution in [0.4, 0.5) is 11.6 Å². The molecule has 6 nitrogen and oxygen atoms in total. The van der Waals surface area contributed by atoms with Crippen LogP contribution < -0.4 is 10.0 Å². The maximum Gasteiger partial charge on any atom is 0.272 e. The standard InChI is InChI=1S/C13H18N4O2S2/c1-10(2)7-8-14-11-5-6-12(16-15-11)17-21(18,19)13-4-3-9-20-13/h3-6,9-10H,7-8H2,1-2H3,(H,14,15)(H,16,17). The summed E-state index contributed by atoms with van der Waals surface area (Å²) in [5, 5.41) is 12.7. The zero-order valence-corrected chi connectivity index (χ0v) is 13.5. The van der Waals surface area contributed by atoms with Gasteiger partial charge in [0, 0.05) is 6.54 Å². The van der Waals surface area contributed by atoms with Gasteiger partial charge in [-0.2, -0.15) is 0 Å². The number of nitrogens with one attached hydrogen (secondary N) is 2. The van der Waals surface area contributed by atoms with Crippen molar-refractivity contribution >= 4 is 33.0 Å². The van der Waals surface area contributed by atoms with Crippen LogP contribution in [0, 0.1) is 5.92 Å². The van der Waals surface area contributed by atoms with Gasteiger partial charge < -0.3 is 5.32 Å². The van der Waals surface area contributed by atoms with Crippen molar-refractivity contribution in [2.45, 2.75) is 24.5 Å². The molecule has 0 aliphatic rings. The fourth-order valence-electron chi connectivity index (χ4n) is 1.57. The summed E-state index contributed by atoms with van der Waals surface area (Å²) in [5.74, 6) is 1.45. The molecule has 2 aromatic heterocycles. The normalized spacial score (nSPS) is 11.6. The lowest BCUT2D eigenvalue weighted by molar-refractivity contribution is 0.602. The average molecular weight is 326 g/mol. The Labute approximate surface area is 128 Å². The topological polar surface area (TPSA) is 84.0 Å². The van der Waals surface area contributed by atoms with Crippen molar-refractivity contribution in [2.75, 3.05) is 16.6 Å². The number of hydrogen-bond acceptors (Lipinski definition) is 6. The molecular weight excluding hydrogens is 308 g/mol. The fraction of sp³-hybridized carbons (Fsp3) is 0.385. The summed E-state index contributed by atoms with van der Waals surface area (Å²) in [6.45, 7) is 5.11. The van der Waals surface area contributed by atoms with Crippen LogP contribution in [0.2, 0.25) is 0 Å². The fourth-order valence-corrected chi connectivity index (χ4v) is 3.56. The van der Waals surface area contributed by atoms with Gasteiger partial charge in [-0.3, -0.25) is 4.72 Å². The maximum absolute atomic E-state index is 12.0. The van der Waals surface area contributed by atoms with Gasteiger partial charge in [-0.1, -0.05) is 19.9 Å². The Morgan fingerprint density at radius 2 is 1.90 bits per heavy atom. The Morgan fingerprint density at radius 3 is 2.48 bits per heavy atom. The monoisotopic (exact) mass is 326 g/mol. The van der Waals surface area contributed by atoms with Crippen LogP contribution in [0.5, 0.6) is 0 Å². The van der Waals surface area contributed by atoms with E-state index < -0.39 is 10.0 Å². The van der Waals surface area contributed by atoms with Crippen molar-refractivity contribution in [1.29, 1.82) is 0 Å². The maximum atomic E-state index is 12.0. The van der Waals surface area contributed by atoms with Crippen LogP contribution >= 0.6 is 11.3 Å². The summed E-state index contributed by atoms with van der Waals surface area (Å²) in [4.78, 5) is 0. The molecule has 0 bridgehead atoms. The molecular formula is C13H18N4O2S2. The van der Waals surface area contributed by atoms with Crippen LogP contribution in [0.15, 0.2) is 33.9 Å². The third-order valence-corrected chi connectivity index (χ3v) is 5.44. The van der Waals surface area contributed by atoms with E-state index in [-0.39, 0.29) is 10.0 Å². The number of sulfonamides is 1. The predicted molar refractivity (Wildman–Crippen MR) is 85.1 cm³/mol. The molecule has 0 saturated carbocycles. The molecule has 0 saturated heterocycles. The molecule has 0 aliphatic carbocycles. The van der Waals surface area contributed by atoms with Crippen LogP contribution in [0.3, 0.4) is 0 Å². The highest BCUT2D eigenvalue weighted by Crippen LogP contribution is 2.19. The van der Waals surface area contributed by atoms with E-state index in [9.17, 15) is 8.42 Å². The summed E-state index contributed by atoms with van der Waals surface area (Å²) in [5.41, 5.74) is 0. The largest absolute Gasteiger partial charge is 0.369 e. The number of nitrogens with zero attached hydrogens (tertiary/aromatic N) is 2. The molecule has 0 fully saturated rings. The van der Waals surface area contributed by atoms with Gasteiger partial charge in [0.15, 0.2) is 5.82 Å². The van der Waals surface area contributed by atoms with E-state index in [0.717, 1.165) is 24.3 Å². The average Bonchev–Trinajstić information content (AvgIpc) is 2.95. The Bertz CT molecular complexity index is 652. The molecule has 2 aromatic rings. The van der Waals surface area contributed by atoms with Crippen molar-refractivity contribution in [3.8, 4) is 0 Å². The highest BCUT2D eigenvalue weighted by Gasteiger charge is 2.15. The van der Waals surface area contributed by atoms with Crippen LogP contribution in [0.1, 0.15) is 20.3 Å². The summed E-state index contributed by atoms with van der Waals surface area (Å²) in [6, 6.07) is 6.53. The second-order valence-electron chi connectivity index (χ2n) is 4.95. The minimum Gasteiger partial charge on any atom is -0.369 e. The molecule has 0 radical (unpaired) electrons. The molecule has 114 valence electrons. The van der Waals surface area contributed by atoms with Gasteiger partial charge in [-0.15, -0.1) is 21.5 Å². The minimum absolute atomic E-state index is 0.206. The van der Waals surface area contributed by atoms with E-state index in [0.29, 0.717) is 11.7 Å². The van der Waals surface area contributed by atoms with Crippen molar-refractivity contribution in [3.05, 3.63) is 29.6 Å². The second kappa shape index (κ2) is 6.86. The molecule has 0 unspecified atom stereocenters. The minimum atomic E-state index is -3.57. The number of aromatic nitrogens is 2. The zero-order valence-electron chi connectivity index (χ0n) is 11.9. The highest BCUT2D eigenvalue weighted by atomic mass is 32.2. The van der Waals surface area contributed by atoms with Crippen LogP contribution in [0.25, 0.3) is 0 Å². The molecule has 0 atom stereocenters. The lowest BCUT2D eigenvalue weighted by atomic mass is 10.1. The van der Waals surface area contributed by atoms with Crippen molar-refractivity contribution in [1.82, 2.24) is 10.2 Å². The molecule has 21 heavy (non-hydrogen) atoms. The summed E-state index contributed by atoms with van der Waals surface area (Å²) in [7, 11) is -3.57. The number of rotatable bonds is 7. The van der Waals surface area contributed by atoms with Crippen LogP contribution in [-0.2, 0) is 10.0 Å². The molecule has 2 N–H and O–H groups in total. The first-order valence-electron chi connectivity index (χ1n) is 6.61. The first-order chi connectivity index (χ1) is 9.97. The van der Waals surface area contributed by atoms with Crippen molar-refractivity contribution in [2.24, 2.45) is 5.92 Å². The number of hydrogen-bond donors (Lipinski definition) is 2. The van der Waals surface area contributed by atoms with Gasteiger partial charge in [-0.25, -0.2) is 8.42 Å². The highest BCUT2D eigenvalue weighted by molar-refractivity contribution is 7.94. The molecule has 2 rings (SSSR count). The molecule has 0 spiro atoms.